The molecule has 2 aromatic heterocycles. The van der Waals surface area contributed by atoms with E-state index in [1.165, 1.54) is 6.33 Å². The minimum atomic E-state index is -0.293. The number of hydrogen-bond acceptors (Lipinski definition) is 6. The smallest absolute Gasteiger partial charge is 0.276 e. The molecule has 8 nitrogen and oxygen atoms in total. The van der Waals surface area contributed by atoms with Gasteiger partial charge < -0.3 is 15.1 Å². The van der Waals surface area contributed by atoms with Gasteiger partial charge in [0, 0.05) is 0 Å². The topological polar surface area (TPSA) is 119 Å². The first-order valence-electron chi connectivity index (χ1n) is 5.74. The maximum Gasteiger partial charge on any atom is 0.276 e. The van der Waals surface area contributed by atoms with Gasteiger partial charge in [-0.3, -0.25) is 4.79 Å². The van der Waals surface area contributed by atoms with Crippen LogP contribution in [-0.2, 0) is 0 Å². The van der Waals surface area contributed by atoms with Crippen LogP contribution in [0.25, 0.3) is 11.2 Å². The van der Waals surface area contributed by atoms with Gasteiger partial charge in [0.1, 0.15) is 5.75 Å². The summed E-state index contributed by atoms with van der Waals surface area (Å²) in [6.45, 7) is 0. The zero-order valence-electron chi connectivity index (χ0n) is 10.2. The van der Waals surface area contributed by atoms with E-state index in [1.807, 2.05) is 0 Å². The molecule has 20 heavy (non-hydrogen) atoms. The first-order chi connectivity index (χ1) is 9.72. The van der Waals surface area contributed by atoms with Crippen molar-refractivity contribution in [2.45, 2.75) is 0 Å². The predicted octanol–water partition coefficient (Wildman–Crippen LogP) is 0.798. The van der Waals surface area contributed by atoms with Gasteiger partial charge in [-0.1, -0.05) is 0 Å². The minimum Gasteiger partial charge on any atom is -0.508 e. The zero-order chi connectivity index (χ0) is 13.9. The Labute approximate surface area is 112 Å². The second-order valence-electron chi connectivity index (χ2n) is 3.98. The number of nitrogens with zero attached hydrogens (tertiary/aromatic N) is 3. The Morgan fingerprint density at radius 1 is 1.30 bits per heavy atom. The number of benzene rings is 1. The van der Waals surface area contributed by atoms with Gasteiger partial charge >= 0.3 is 0 Å². The Morgan fingerprint density at radius 2 is 2.10 bits per heavy atom. The SMILES string of the molecule is O=c1[nH]cnc2nc(N/N=C\c3ccc(O)cc3)[nH]c12. The fraction of sp³-hybridized carbons (Fsp3) is 0. The quantitative estimate of drug-likeness (QED) is 0.414. The molecule has 0 aliphatic carbocycles. The lowest BCUT2D eigenvalue weighted by Gasteiger charge is -1.94. The normalized spacial score (nSPS) is 11.2. The summed E-state index contributed by atoms with van der Waals surface area (Å²) in [4.78, 5) is 24.7. The van der Waals surface area contributed by atoms with Crippen molar-refractivity contribution in [2.75, 3.05) is 5.43 Å². The van der Waals surface area contributed by atoms with Crippen LogP contribution in [0.2, 0.25) is 0 Å². The highest BCUT2D eigenvalue weighted by molar-refractivity contribution is 5.80. The van der Waals surface area contributed by atoms with Crippen molar-refractivity contribution in [1.82, 2.24) is 19.9 Å². The lowest BCUT2D eigenvalue weighted by atomic mass is 10.2. The zero-order valence-corrected chi connectivity index (χ0v) is 10.2. The van der Waals surface area contributed by atoms with Crippen molar-refractivity contribution in [1.29, 1.82) is 0 Å². The first-order valence-corrected chi connectivity index (χ1v) is 5.74. The monoisotopic (exact) mass is 270 g/mol. The summed E-state index contributed by atoms with van der Waals surface area (Å²) in [6, 6.07) is 6.55. The van der Waals surface area contributed by atoms with Crippen molar-refractivity contribution < 1.29 is 5.11 Å². The predicted molar refractivity (Wildman–Crippen MR) is 73.8 cm³/mol. The average molecular weight is 270 g/mol. The number of phenols is 1. The number of phenolic OH excluding ortho intramolecular Hbond substituents is 1. The van der Waals surface area contributed by atoms with E-state index in [-0.39, 0.29) is 16.8 Å². The first kappa shape index (κ1) is 11.9. The molecule has 3 rings (SSSR count). The molecular formula is C12H10N6O2. The van der Waals surface area contributed by atoms with Crippen molar-refractivity contribution in [3.05, 3.63) is 46.5 Å². The van der Waals surface area contributed by atoms with Gasteiger partial charge in [0.2, 0.25) is 5.95 Å². The number of rotatable bonds is 3. The van der Waals surface area contributed by atoms with Crippen LogP contribution in [0.15, 0.2) is 40.5 Å². The van der Waals surface area contributed by atoms with E-state index >= 15 is 0 Å². The number of hydrogen-bond donors (Lipinski definition) is 4. The van der Waals surface area contributed by atoms with E-state index < -0.39 is 0 Å². The molecule has 0 spiro atoms. The van der Waals surface area contributed by atoms with Crippen LogP contribution >= 0.6 is 0 Å². The van der Waals surface area contributed by atoms with E-state index in [0.29, 0.717) is 11.6 Å². The van der Waals surface area contributed by atoms with E-state index in [1.54, 1.807) is 30.5 Å². The molecule has 100 valence electrons. The molecule has 0 amide bonds. The second-order valence-corrected chi connectivity index (χ2v) is 3.98. The largest absolute Gasteiger partial charge is 0.508 e. The van der Waals surface area contributed by atoms with Gasteiger partial charge in [0.05, 0.1) is 12.5 Å². The second kappa shape index (κ2) is 4.84. The average Bonchev–Trinajstić information content (AvgIpc) is 2.85. The number of nitrogens with one attached hydrogen (secondary N) is 3. The van der Waals surface area contributed by atoms with Crippen molar-refractivity contribution >= 4 is 23.3 Å². The molecule has 8 heteroatoms. The summed E-state index contributed by atoms with van der Waals surface area (Å²) >= 11 is 0. The molecule has 0 saturated heterocycles. The van der Waals surface area contributed by atoms with Gasteiger partial charge in [-0.25, -0.2) is 10.4 Å². The van der Waals surface area contributed by atoms with Crippen LogP contribution in [0.5, 0.6) is 5.75 Å². The molecule has 0 aliphatic rings. The molecule has 4 N–H and O–H groups in total. The Balaban J connectivity index is 1.78. The van der Waals surface area contributed by atoms with E-state index in [9.17, 15) is 4.79 Å². The molecule has 0 unspecified atom stereocenters. The number of aromatic hydroxyl groups is 1. The number of aromatic nitrogens is 4. The highest BCUT2D eigenvalue weighted by atomic mass is 16.3. The van der Waals surface area contributed by atoms with Crippen LogP contribution in [-0.4, -0.2) is 31.3 Å². The van der Waals surface area contributed by atoms with E-state index in [0.717, 1.165) is 5.56 Å². The van der Waals surface area contributed by atoms with Gasteiger partial charge in [-0.2, -0.15) is 10.1 Å². The summed E-state index contributed by atoms with van der Waals surface area (Å²) in [5, 5.41) is 13.1. The number of aromatic amines is 2. The fourth-order valence-corrected chi connectivity index (χ4v) is 1.62. The van der Waals surface area contributed by atoms with E-state index in [4.69, 9.17) is 5.11 Å². The summed E-state index contributed by atoms with van der Waals surface area (Å²) in [6.07, 6.45) is 2.85. The third kappa shape index (κ3) is 2.34. The molecule has 0 aliphatic heterocycles. The summed E-state index contributed by atoms with van der Waals surface area (Å²) in [7, 11) is 0. The highest BCUT2D eigenvalue weighted by Crippen LogP contribution is 2.09. The van der Waals surface area contributed by atoms with Gasteiger partial charge in [0.25, 0.3) is 5.56 Å². The molecular weight excluding hydrogens is 260 g/mol. The standard InChI is InChI=1S/C12H10N6O2/c19-8-3-1-7(2-4-8)5-15-18-12-16-9-10(17-12)13-6-14-11(9)20/h1-6,19H,(H3,13,14,16,17,18,20)/b15-5-. The van der Waals surface area contributed by atoms with Crippen LogP contribution in [0.3, 0.4) is 0 Å². The Bertz CT molecular complexity index is 818. The number of anilines is 1. The molecule has 0 radical (unpaired) electrons. The lowest BCUT2D eigenvalue weighted by Crippen LogP contribution is -2.05. The van der Waals surface area contributed by atoms with Gasteiger partial charge in [-0.15, -0.1) is 0 Å². The lowest BCUT2D eigenvalue weighted by molar-refractivity contribution is 0.475. The highest BCUT2D eigenvalue weighted by Gasteiger charge is 2.05. The van der Waals surface area contributed by atoms with Crippen LogP contribution < -0.4 is 11.0 Å². The fourth-order valence-electron chi connectivity index (χ4n) is 1.62. The van der Waals surface area contributed by atoms with Gasteiger partial charge in [-0.05, 0) is 29.8 Å². The van der Waals surface area contributed by atoms with Crippen molar-refractivity contribution in [3.8, 4) is 5.75 Å². The number of imidazole rings is 1. The number of hydrazone groups is 1. The van der Waals surface area contributed by atoms with Crippen LogP contribution in [0.1, 0.15) is 5.56 Å². The summed E-state index contributed by atoms with van der Waals surface area (Å²) in [5.41, 5.74) is 3.79. The van der Waals surface area contributed by atoms with E-state index in [2.05, 4.69) is 30.5 Å². The maximum atomic E-state index is 11.5. The maximum absolute atomic E-state index is 11.5. The molecule has 0 fully saturated rings. The van der Waals surface area contributed by atoms with Crippen LogP contribution in [0, 0.1) is 0 Å². The minimum absolute atomic E-state index is 0.192. The number of H-pyrrole nitrogens is 2. The molecule has 0 bridgehead atoms. The Hall–Kier alpha value is -3.16. The Kier molecular flexibility index (Phi) is 2.88. The van der Waals surface area contributed by atoms with Crippen molar-refractivity contribution in [3.63, 3.8) is 0 Å². The molecule has 0 saturated carbocycles. The van der Waals surface area contributed by atoms with Crippen molar-refractivity contribution in [2.24, 2.45) is 5.10 Å². The molecule has 1 aromatic carbocycles. The number of fused-ring (bicyclic) bond motifs is 1. The summed E-state index contributed by atoms with van der Waals surface area (Å²) in [5.74, 6) is 0.511. The molecule has 2 heterocycles. The molecule has 3 aromatic rings. The third-order valence-corrected chi connectivity index (χ3v) is 2.57. The van der Waals surface area contributed by atoms with Crippen LogP contribution in [0.4, 0.5) is 5.95 Å². The summed E-state index contributed by atoms with van der Waals surface area (Å²) < 4.78 is 0. The third-order valence-electron chi connectivity index (χ3n) is 2.57. The Morgan fingerprint density at radius 3 is 2.85 bits per heavy atom. The molecule has 0 atom stereocenters. The van der Waals surface area contributed by atoms with Gasteiger partial charge in [0.15, 0.2) is 11.2 Å².